The van der Waals surface area contributed by atoms with E-state index in [9.17, 15) is 14.9 Å². The van der Waals surface area contributed by atoms with Crippen molar-refractivity contribution in [3.8, 4) is 17.0 Å². The number of nitrogens with one attached hydrogen (secondary N) is 1. The molecule has 27 heavy (non-hydrogen) atoms. The number of rotatable bonds is 6. The molecule has 0 bridgehead atoms. The average molecular weight is 383 g/mol. The number of aromatic nitrogens is 1. The second-order valence-corrected chi connectivity index (χ2v) is 6.84. The second kappa shape index (κ2) is 7.96. The molecule has 3 rings (SSSR count). The number of nitro benzene ring substituents is 1. The van der Waals surface area contributed by atoms with E-state index in [0.717, 1.165) is 21.9 Å². The summed E-state index contributed by atoms with van der Waals surface area (Å²) in [4.78, 5) is 28.0. The van der Waals surface area contributed by atoms with Crippen molar-refractivity contribution in [1.29, 1.82) is 0 Å². The van der Waals surface area contributed by atoms with Gasteiger partial charge in [-0.05, 0) is 50.2 Å². The van der Waals surface area contributed by atoms with E-state index in [4.69, 9.17) is 4.74 Å². The van der Waals surface area contributed by atoms with Gasteiger partial charge in [0.05, 0.1) is 17.2 Å². The van der Waals surface area contributed by atoms with E-state index in [-0.39, 0.29) is 11.6 Å². The Morgan fingerprint density at radius 3 is 2.44 bits per heavy atom. The Kier molecular flexibility index (Phi) is 5.46. The topological polar surface area (TPSA) is 94.4 Å². The van der Waals surface area contributed by atoms with Crippen LogP contribution in [0.15, 0.2) is 48.5 Å². The first-order chi connectivity index (χ1) is 13.0. The fourth-order valence-electron chi connectivity index (χ4n) is 2.50. The number of amides is 1. The Bertz CT molecular complexity index is 966. The van der Waals surface area contributed by atoms with Crippen LogP contribution in [0.2, 0.25) is 0 Å². The third-order valence-electron chi connectivity index (χ3n) is 3.80. The average Bonchev–Trinajstić information content (AvgIpc) is 3.02. The van der Waals surface area contributed by atoms with Crippen molar-refractivity contribution in [2.24, 2.45) is 0 Å². The largest absolute Gasteiger partial charge is 0.494 e. The quantitative estimate of drug-likeness (QED) is 0.493. The molecule has 1 amide bonds. The number of hydrogen-bond acceptors (Lipinski definition) is 6. The van der Waals surface area contributed by atoms with Crippen LogP contribution in [0.3, 0.4) is 0 Å². The molecule has 138 valence electrons. The maximum absolute atomic E-state index is 12.3. The number of ether oxygens (including phenoxy) is 1. The summed E-state index contributed by atoms with van der Waals surface area (Å²) < 4.78 is 5.44. The van der Waals surface area contributed by atoms with Gasteiger partial charge in [0.2, 0.25) is 0 Å². The van der Waals surface area contributed by atoms with Crippen LogP contribution in [0.1, 0.15) is 22.2 Å². The van der Waals surface area contributed by atoms with Crippen LogP contribution in [-0.4, -0.2) is 22.4 Å². The summed E-state index contributed by atoms with van der Waals surface area (Å²) in [5.41, 5.74) is 2.00. The molecule has 0 aliphatic carbocycles. The summed E-state index contributed by atoms with van der Waals surface area (Å²) in [6, 6.07) is 13.0. The molecule has 0 atom stereocenters. The zero-order valence-electron chi connectivity index (χ0n) is 14.8. The maximum atomic E-state index is 12.3. The molecule has 0 fully saturated rings. The second-order valence-electron chi connectivity index (χ2n) is 5.64. The van der Waals surface area contributed by atoms with E-state index < -0.39 is 4.92 Å². The predicted molar refractivity (Wildman–Crippen MR) is 105 cm³/mol. The zero-order chi connectivity index (χ0) is 19.4. The first-order valence-electron chi connectivity index (χ1n) is 8.24. The van der Waals surface area contributed by atoms with Crippen LogP contribution in [0.4, 0.5) is 10.8 Å². The van der Waals surface area contributed by atoms with Crippen LogP contribution in [0.5, 0.6) is 5.75 Å². The SMILES string of the molecule is CCOc1ccc(-c2nc(NC(=O)c3ccc([N+](=O)[O-])cc3)sc2C)cc1. The van der Waals surface area contributed by atoms with Gasteiger partial charge < -0.3 is 4.74 Å². The first kappa shape index (κ1) is 18.5. The number of thiazole rings is 1. The summed E-state index contributed by atoms with van der Waals surface area (Å²) in [7, 11) is 0. The summed E-state index contributed by atoms with van der Waals surface area (Å²) >= 11 is 1.37. The standard InChI is InChI=1S/C19H17N3O4S/c1-3-26-16-10-6-13(7-11-16)17-12(2)27-19(20-17)21-18(23)14-4-8-15(9-5-14)22(24)25/h4-11H,3H2,1-2H3,(H,20,21,23). The zero-order valence-corrected chi connectivity index (χ0v) is 15.6. The highest BCUT2D eigenvalue weighted by Gasteiger charge is 2.14. The maximum Gasteiger partial charge on any atom is 0.269 e. The van der Waals surface area contributed by atoms with Crippen LogP contribution in [0.25, 0.3) is 11.3 Å². The number of anilines is 1. The predicted octanol–water partition coefficient (Wildman–Crippen LogP) is 4.68. The van der Waals surface area contributed by atoms with Gasteiger partial charge in [0.15, 0.2) is 5.13 Å². The fraction of sp³-hybridized carbons (Fsp3) is 0.158. The molecule has 7 nitrogen and oxygen atoms in total. The minimum Gasteiger partial charge on any atom is -0.494 e. The minimum absolute atomic E-state index is 0.0607. The Balaban J connectivity index is 1.75. The van der Waals surface area contributed by atoms with Gasteiger partial charge in [-0.3, -0.25) is 20.2 Å². The molecule has 0 aliphatic heterocycles. The van der Waals surface area contributed by atoms with Crippen molar-refractivity contribution in [3.63, 3.8) is 0 Å². The minimum atomic E-state index is -0.505. The first-order valence-corrected chi connectivity index (χ1v) is 9.06. The number of non-ortho nitro benzene ring substituents is 1. The van der Waals surface area contributed by atoms with Gasteiger partial charge in [0.25, 0.3) is 11.6 Å². The van der Waals surface area contributed by atoms with Crippen molar-refractivity contribution >= 4 is 28.1 Å². The summed E-state index contributed by atoms with van der Waals surface area (Å²) in [5, 5.41) is 13.9. The molecular formula is C19H17N3O4S. The van der Waals surface area contributed by atoms with Crippen molar-refractivity contribution in [2.45, 2.75) is 13.8 Å². The van der Waals surface area contributed by atoms with Gasteiger partial charge in [-0.1, -0.05) is 0 Å². The van der Waals surface area contributed by atoms with E-state index in [1.165, 1.54) is 35.6 Å². The highest BCUT2D eigenvalue weighted by molar-refractivity contribution is 7.16. The normalized spacial score (nSPS) is 10.4. The molecule has 3 aromatic rings. The molecular weight excluding hydrogens is 366 g/mol. The number of nitro groups is 1. The van der Waals surface area contributed by atoms with Gasteiger partial charge in [-0.15, -0.1) is 11.3 Å². The Labute approximate surface area is 159 Å². The van der Waals surface area contributed by atoms with E-state index >= 15 is 0 Å². The van der Waals surface area contributed by atoms with Crippen LogP contribution in [-0.2, 0) is 0 Å². The van der Waals surface area contributed by atoms with Crippen molar-refractivity contribution in [3.05, 3.63) is 69.1 Å². The molecule has 0 unspecified atom stereocenters. The van der Waals surface area contributed by atoms with Gasteiger partial charge in [-0.25, -0.2) is 4.98 Å². The third kappa shape index (κ3) is 4.29. The molecule has 0 saturated carbocycles. The molecule has 8 heteroatoms. The highest BCUT2D eigenvalue weighted by atomic mass is 32.1. The van der Waals surface area contributed by atoms with Gasteiger partial charge in [-0.2, -0.15) is 0 Å². The molecule has 0 spiro atoms. The van der Waals surface area contributed by atoms with E-state index in [1.807, 2.05) is 38.1 Å². The molecule has 0 radical (unpaired) electrons. The lowest BCUT2D eigenvalue weighted by Gasteiger charge is -2.04. The monoisotopic (exact) mass is 383 g/mol. The number of hydrogen-bond donors (Lipinski definition) is 1. The fourth-order valence-corrected chi connectivity index (χ4v) is 3.33. The molecule has 2 aromatic carbocycles. The molecule has 0 saturated heterocycles. The highest BCUT2D eigenvalue weighted by Crippen LogP contribution is 2.31. The van der Waals surface area contributed by atoms with Gasteiger partial charge >= 0.3 is 0 Å². The number of carbonyl (C=O) groups excluding carboxylic acids is 1. The number of carbonyl (C=O) groups is 1. The summed E-state index contributed by atoms with van der Waals surface area (Å²) in [6.07, 6.45) is 0. The third-order valence-corrected chi connectivity index (χ3v) is 4.68. The Morgan fingerprint density at radius 1 is 1.19 bits per heavy atom. The number of nitrogens with zero attached hydrogens (tertiary/aromatic N) is 2. The van der Waals surface area contributed by atoms with Gasteiger partial charge in [0.1, 0.15) is 5.75 Å². The summed E-state index contributed by atoms with van der Waals surface area (Å²) in [5.74, 6) is 0.428. The molecule has 1 heterocycles. The van der Waals surface area contributed by atoms with Crippen LogP contribution < -0.4 is 10.1 Å². The van der Waals surface area contributed by atoms with E-state index in [0.29, 0.717) is 17.3 Å². The Hall–Kier alpha value is -3.26. The van der Waals surface area contributed by atoms with Crippen molar-refractivity contribution in [1.82, 2.24) is 4.98 Å². The molecule has 0 aliphatic rings. The molecule has 1 N–H and O–H groups in total. The molecule has 1 aromatic heterocycles. The lowest BCUT2D eigenvalue weighted by atomic mass is 10.1. The van der Waals surface area contributed by atoms with Gasteiger partial charge in [0, 0.05) is 28.1 Å². The lowest BCUT2D eigenvalue weighted by Crippen LogP contribution is -2.11. The van der Waals surface area contributed by atoms with Crippen LogP contribution >= 0.6 is 11.3 Å². The Morgan fingerprint density at radius 2 is 1.85 bits per heavy atom. The lowest BCUT2D eigenvalue weighted by molar-refractivity contribution is -0.384. The summed E-state index contributed by atoms with van der Waals surface area (Å²) in [6.45, 7) is 4.47. The van der Waals surface area contributed by atoms with Crippen molar-refractivity contribution < 1.29 is 14.5 Å². The van der Waals surface area contributed by atoms with E-state index in [1.54, 1.807) is 0 Å². The number of benzene rings is 2. The van der Waals surface area contributed by atoms with Crippen molar-refractivity contribution in [2.75, 3.05) is 11.9 Å². The van der Waals surface area contributed by atoms with E-state index in [2.05, 4.69) is 10.3 Å². The smallest absolute Gasteiger partial charge is 0.269 e. The van der Waals surface area contributed by atoms with Crippen LogP contribution in [0, 0.1) is 17.0 Å². The number of aryl methyl sites for hydroxylation is 1.